The molecule has 2 nitrogen and oxygen atoms in total. The van der Waals surface area contributed by atoms with Crippen molar-refractivity contribution in [1.82, 2.24) is 4.98 Å². The zero-order valence-corrected chi connectivity index (χ0v) is 12.2. The second kappa shape index (κ2) is 5.33. The van der Waals surface area contributed by atoms with E-state index in [2.05, 4.69) is 37.0 Å². The monoisotopic (exact) mass is 273 g/mol. The number of aryl methyl sites for hydroxylation is 1. The van der Waals surface area contributed by atoms with E-state index in [0.29, 0.717) is 12.5 Å². The first-order valence-corrected chi connectivity index (χ1v) is 7.75. The first kappa shape index (κ1) is 12.7. The van der Waals surface area contributed by atoms with Gasteiger partial charge in [-0.15, -0.1) is 11.3 Å². The molecule has 100 valence electrons. The fourth-order valence-corrected chi connectivity index (χ4v) is 3.25. The van der Waals surface area contributed by atoms with Crippen molar-refractivity contribution in [3.63, 3.8) is 0 Å². The van der Waals surface area contributed by atoms with Crippen LogP contribution in [0.15, 0.2) is 29.9 Å². The van der Waals surface area contributed by atoms with Crippen LogP contribution in [-0.4, -0.2) is 4.98 Å². The molecule has 0 fully saturated rings. The van der Waals surface area contributed by atoms with Crippen LogP contribution in [0.4, 0.5) is 0 Å². The van der Waals surface area contributed by atoms with Crippen molar-refractivity contribution in [1.29, 1.82) is 0 Å². The Morgan fingerprint density at radius 3 is 3.05 bits per heavy atom. The summed E-state index contributed by atoms with van der Waals surface area (Å²) in [5.41, 5.74) is 4.81. The minimum absolute atomic E-state index is 0.620. The van der Waals surface area contributed by atoms with Gasteiger partial charge in [0.05, 0.1) is 10.4 Å². The Morgan fingerprint density at radius 2 is 2.26 bits per heavy atom. The third kappa shape index (κ3) is 2.66. The van der Waals surface area contributed by atoms with Crippen LogP contribution in [0.2, 0.25) is 0 Å². The van der Waals surface area contributed by atoms with Crippen LogP contribution in [0.1, 0.15) is 42.2 Å². The van der Waals surface area contributed by atoms with Gasteiger partial charge in [0.2, 0.25) is 0 Å². The lowest BCUT2D eigenvalue weighted by molar-refractivity contribution is 0.308. The number of hydrogen-bond donors (Lipinski definition) is 0. The summed E-state index contributed by atoms with van der Waals surface area (Å²) in [7, 11) is 0. The van der Waals surface area contributed by atoms with Crippen molar-refractivity contribution in [2.24, 2.45) is 5.92 Å². The van der Waals surface area contributed by atoms with E-state index in [9.17, 15) is 0 Å². The van der Waals surface area contributed by atoms with Gasteiger partial charge in [-0.1, -0.05) is 19.9 Å². The molecule has 19 heavy (non-hydrogen) atoms. The van der Waals surface area contributed by atoms with E-state index in [1.165, 1.54) is 28.8 Å². The second-order valence-corrected chi connectivity index (χ2v) is 6.39. The normalized spacial score (nSPS) is 22.0. The minimum Gasteiger partial charge on any atom is -0.488 e. The third-order valence-corrected chi connectivity index (χ3v) is 4.95. The maximum absolute atomic E-state index is 5.85. The summed E-state index contributed by atoms with van der Waals surface area (Å²) >= 11 is 1.64. The molecule has 2 atom stereocenters. The lowest BCUT2D eigenvalue weighted by Crippen LogP contribution is -2.15. The van der Waals surface area contributed by atoms with E-state index in [4.69, 9.17) is 4.74 Å². The first-order chi connectivity index (χ1) is 9.24. The summed E-state index contributed by atoms with van der Waals surface area (Å²) < 4.78 is 5.85. The van der Waals surface area contributed by atoms with E-state index in [0.717, 1.165) is 11.7 Å². The Balaban J connectivity index is 1.74. The van der Waals surface area contributed by atoms with Crippen molar-refractivity contribution < 1.29 is 4.74 Å². The average Bonchev–Trinajstić information content (AvgIpc) is 2.94. The second-order valence-electron chi connectivity index (χ2n) is 5.42. The molecule has 1 heterocycles. The number of benzene rings is 1. The zero-order chi connectivity index (χ0) is 13.2. The molecule has 1 aromatic carbocycles. The minimum atomic E-state index is 0.620. The van der Waals surface area contributed by atoms with E-state index in [1.54, 1.807) is 11.3 Å². The summed E-state index contributed by atoms with van der Waals surface area (Å²) in [4.78, 5) is 5.23. The molecule has 2 unspecified atom stereocenters. The van der Waals surface area contributed by atoms with Crippen LogP contribution in [0.25, 0.3) is 0 Å². The Morgan fingerprint density at radius 1 is 1.37 bits per heavy atom. The molecule has 3 heteroatoms. The van der Waals surface area contributed by atoms with Gasteiger partial charge in [0.1, 0.15) is 12.4 Å². The van der Waals surface area contributed by atoms with Crippen LogP contribution in [0.3, 0.4) is 0 Å². The molecule has 0 aliphatic heterocycles. The molecule has 0 radical (unpaired) electrons. The number of ether oxygens (including phenoxy) is 1. The smallest absolute Gasteiger partial charge is 0.124 e. The van der Waals surface area contributed by atoms with E-state index in [-0.39, 0.29) is 0 Å². The van der Waals surface area contributed by atoms with Crippen molar-refractivity contribution in [3.05, 3.63) is 45.9 Å². The van der Waals surface area contributed by atoms with Gasteiger partial charge in [0, 0.05) is 6.20 Å². The van der Waals surface area contributed by atoms with E-state index < -0.39 is 0 Å². The summed E-state index contributed by atoms with van der Waals surface area (Å²) in [5.74, 6) is 2.43. The van der Waals surface area contributed by atoms with E-state index >= 15 is 0 Å². The molecule has 0 N–H and O–H groups in total. The number of aromatic nitrogens is 1. The fraction of sp³-hybridized carbons (Fsp3) is 0.438. The molecule has 0 spiro atoms. The first-order valence-electron chi connectivity index (χ1n) is 6.87. The molecule has 0 amide bonds. The van der Waals surface area contributed by atoms with Crippen molar-refractivity contribution in [2.45, 2.75) is 39.2 Å². The Bertz CT molecular complexity index is 550. The number of nitrogens with zero attached hydrogens (tertiary/aromatic N) is 1. The molecular weight excluding hydrogens is 254 g/mol. The van der Waals surface area contributed by atoms with Crippen LogP contribution in [-0.2, 0) is 13.0 Å². The lowest BCUT2D eigenvalue weighted by Gasteiger charge is -2.28. The van der Waals surface area contributed by atoms with Gasteiger partial charge in [-0.05, 0) is 47.9 Å². The van der Waals surface area contributed by atoms with Crippen LogP contribution in [0, 0.1) is 5.92 Å². The molecular formula is C16H19NOS. The van der Waals surface area contributed by atoms with Gasteiger partial charge in [-0.3, -0.25) is 4.98 Å². The summed E-state index contributed by atoms with van der Waals surface area (Å²) in [5, 5.41) is 0. The van der Waals surface area contributed by atoms with Gasteiger partial charge in [0.15, 0.2) is 0 Å². The highest BCUT2D eigenvalue weighted by Crippen LogP contribution is 2.37. The van der Waals surface area contributed by atoms with Crippen molar-refractivity contribution in [3.8, 4) is 5.75 Å². The van der Waals surface area contributed by atoms with Gasteiger partial charge >= 0.3 is 0 Å². The Kier molecular flexibility index (Phi) is 3.56. The van der Waals surface area contributed by atoms with Crippen LogP contribution in [0.5, 0.6) is 5.75 Å². The zero-order valence-electron chi connectivity index (χ0n) is 11.4. The maximum Gasteiger partial charge on any atom is 0.124 e. The van der Waals surface area contributed by atoms with Crippen molar-refractivity contribution >= 4 is 11.3 Å². The standard InChI is InChI=1S/C16H19NOS/c1-11-3-4-13-7-14(5-6-16(13)12(11)2)18-9-15-8-17-10-19-15/h5-8,10-12H,3-4,9H2,1-2H3. The number of fused-ring (bicyclic) bond motifs is 1. The third-order valence-electron chi connectivity index (χ3n) is 4.19. The predicted octanol–water partition coefficient (Wildman–Crippen LogP) is 4.41. The molecule has 1 aromatic heterocycles. The highest BCUT2D eigenvalue weighted by molar-refractivity contribution is 7.09. The number of rotatable bonds is 3. The molecule has 1 aliphatic rings. The van der Waals surface area contributed by atoms with Crippen molar-refractivity contribution in [2.75, 3.05) is 0 Å². The summed E-state index contributed by atoms with van der Waals surface area (Å²) in [6, 6.07) is 6.57. The highest BCUT2D eigenvalue weighted by atomic mass is 32.1. The van der Waals surface area contributed by atoms with Gasteiger partial charge < -0.3 is 4.74 Å². The van der Waals surface area contributed by atoms with Gasteiger partial charge in [-0.25, -0.2) is 0 Å². The molecule has 2 aromatic rings. The highest BCUT2D eigenvalue weighted by Gasteiger charge is 2.22. The Labute approximate surface area is 118 Å². The van der Waals surface area contributed by atoms with E-state index in [1.807, 2.05) is 11.7 Å². The number of thiazole rings is 1. The molecule has 0 saturated heterocycles. The molecule has 3 rings (SSSR count). The topological polar surface area (TPSA) is 22.1 Å². The quantitative estimate of drug-likeness (QED) is 0.826. The number of hydrogen-bond acceptors (Lipinski definition) is 3. The molecule has 0 bridgehead atoms. The molecule has 0 saturated carbocycles. The Hall–Kier alpha value is -1.35. The SMILES string of the molecule is CC1CCc2cc(OCc3cncs3)ccc2C1C. The molecule has 1 aliphatic carbocycles. The maximum atomic E-state index is 5.85. The van der Waals surface area contributed by atoms with Gasteiger partial charge in [0.25, 0.3) is 0 Å². The van der Waals surface area contributed by atoms with Crippen LogP contribution >= 0.6 is 11.3 Å². The summed E-state index contributed by atoms with van der Waals surface area (Å²) in [6.07, 6.45) is 4.33. The fourth-order valence-electron chi connectivity index (χ4n) is 2.74. The average molecular weight is 273 g/mol. The predicted molar refractivity (Wildman–Crippen MR) is 78.8 cm³/mol. The largest absolute Gasteiger partial charge is 0.488 e. The van der Waals surface area contributed by atoms with Crippen LogP contribution < -0.4 is 4.74 Å². The van der Waals surface area contributed by atoms with Gasteiger partial charge in [-0.2, -0.15) is 0 Å². The lowest BCUT2D eigenvalue weighted by atomic mass is 9.77. The summed E-state index contributed by atoms with van der Waals surface area (Å²) in [6.45, 7) is 5.30.